The van der Waals surface area contributed by atoms with E-state index in [-0.39, 0.29) is 19.0 Å². The van der Waals surface area contributed by atoms with E-state index in [4.69, 9.17) is 5.73 Å². The van der Waals surface area contributed by atoms with E-state index in [1.807, 2.05) is 0 Å². The first-order valence-electron chi connectivity index (χ1n) is 3.06. The second-order valence-corrected chi connectivity index (χ2v) is 2.27. The van der Waals surface area contributed by atoms with Gasteiger partial charge in [0, 0.05) is 0 Å². The largest absolute Gasteiger partial charge is 0.465 e. The van der Waals surface area contributed by atoms with Crippen LogP contribution in [0.15, 0.2) is 0 Å². The zero-order valence-corrected chi connectivity index (χ0v) is 7.41. The lowest BCUT2D eigenvalue weighted by Crippen LogP contribution is -2.48. The summed E-state index contributed by atoms with van der Waals surface area (Å²) in [4.78, 5) is 10.7. The summed E-state index contributed by atoms with van der Waals surface area (Å²) in [5, 5.41) is 0. The van der Waals surface area contributed by atoms with E-state index < -0.39 is 18.2 Å². The van der Waals surface area contributed by atoms with Gasteiger partial charge in [0.2, 0.25) is 0 Å². The Morgan fingerprint density at radius 1 is 1.73 bits per heavy atom. The highest BCUT2D eigenvalue weighted by molar-refractivity contribution is 5.85. The van der Waals surface area contributed by atoms with Crippen LogP contribution in [0.5, 0.6) is 0 Å². The van der Waals surface area contributed by atoms with E-state index in [0.29, 0.717) is 0 Å². The molecule has 2 N–H and O–H groups in total. The number of esters is 1. The lowest BCUT2D eigenvalue weighted by Gasteiger charge is -2.17. The molecule has 1 atom stereocenters. The lowest BCUT2D eigenvalue weighted by atomic mass is 10.1. The standard InChI is InChI=1S/C6H12FNO2.ClH/c1-3-10-5(9)6(2,8)4-7;/h3-4,8H2,1-2H3;1H. The molecular formula is C6H13ClFNO2. The van der Waals surface area contributed by atoms with E-state index in [9.17, 15) is 9.18 Å². The zero-order chi connectivity index (χ0) is 8.20. The minimum Gasteiger partial charge on any atom is -0.465 e. The van der Waals surface area contributed by atoms with Crippen LogP contribution in [0.3, 0.4) is 0 Å². The Hall–Kier alpha value is -0.350. The zero-order valence-electron chi connectivity index (χ0n) is 6.59. The molecule has 0 saturated carbocycles. The van der Waals surface area contributed by atoms with Gasteiger partial charge in [0.15, 0.2) is 0 Å². The molecule has 0 radical (unpaired) electrons. The summed E-state index contributed by atoms with van der Waals surface area (Å²) < 4.78 is 16.4. The molecule has 0 amide bonds. The Morgan fingerprint density at radius 2 is 2.18 bits per heavy atom. The summed E-state index contributed by atoms with van der Waals surface area (Å²) in [5.74, 6) is -0.697. The predicted octanol–water partition coefficient (Wildman–Crippen LogP) is 0.658. The number of alkyl halides is 1. The molecule has 68 valence electrons. The number of hydrogen-bond acceptors (Lipinski definition) is 3. The molecule has 0 aliphatic rings. The van der Waals surface area contributed by atoms with Crippen molar-refractivity contribution >= 4 is 18.4 Å². The molecule has 3 nitrogen and oxygen atoms in total. The molecule has 0 aromatic carbocycles. The molecular weight excluding hydrogens is 173 g/mol. The number of nitrogens with two attached hydrogens (primary N) is 1. The maximum atomic E-state index is 11.9. The molecule has 0 heterocycles. The Morgan fingerprint density at radius 3 is 2.45 bits per heavy atom. The van der Waals surface area contributed by atoms with Crippen LogP contribution >= 0.6 is 12.4 Å². The Balaban J connectivity index is 0. The summed E-state index contributed by atoms with van der Waals surface area (Å²) in [7, 11) is 0. The molecule has 0 bridgehead atoms. The number of ether oxygens (including phenoxy) is 1. The molecule has 11 heavy (non-hydrogen) atoms. The van der Waals surface area contributed by atoms with Crippen LogP contribution in [-0.4, -0.2) is 24.8 Å². The Labute approximate surface area is 71.5 Å². The van der Waals surface area contributed by atoms with Gasteiger partial charge in [-0.2, -0.15) is 0 Å². The second-order valence-electron chi connectivity index (χ2n) is 2.27. The SMILES string of the molecule is CCOC(=O)C(C)(N)CF.Cl. The maximum absolute atomic E-state index is 11.9. The summed E-state index contributed by atoms with van der Waals surface area (Å²) in [6.45, 7) is 2.27. The number of rotatable bonds is 3. The molecule has 5 heteroatoms. The number of hydrogen-bond donors (Lipinski definition) is 1. The van der Waals surface area contributed by atoms with Crippen LogP contribution in [-0.2, 0) is 9.53 Å². The number of carbonyl (C=O) groups excluding carboxylic acids is 1. The van der Waals surface area contributed by atoms with E-state index in [1.165, 1.54) is 6.92 Å². The van der Waals surface area contributed by atoms with Crippen LogP contribution in [0.4, 0.5) is 4.39 Å². The van der Waals surface area contributed by atoms with E-state index in [0.717, 1.165) is 0 Å². The molecule has 0 rings (SSSR count). The number of carbonyl (C=O) groups is 1. The predicted molar refractivity (Wildman–Crippen MR) is 42.4 cm³/mol. The fraction of sp³-hybridized carbons (Fsp3) is 0.833. The van der Waals surface area contributed by atoms with Crippen molar-refractivity contribution in [1.29, 1.82) is 0 Å². The first-order valence-corrected chi connectivity index (χ1v) is 3.06. The highest BCUT2D eigenvalue weighted by Gasteiger charge is 2.29. The molecule has 1 unspecified atom stereocenters. The summed E-state index contributed by atoms with van der Waals surface area (Å²) >= 11 is 0. The second kappa shape index (κ2) is 5.32. The minimum absolute atomic E-state index is 0. The van der Waals surface area contributed by atoms with Gasteiger partial charge in [0.05, 0.1) is 6.61 Å². The third kappa shape index (κ3) is 4.16. The minimum atomic E-state index is -1.48. The van der Waals surface area contributed by atoms with Crippen molar-refractivity contribution < 1.29 is 13.9 Å². The molecule has 0 aromatic heterocycles. The van der Waals surface area contributed by atoms with Crippen LogP contribution in [0.25, 0.3) is 0 Å². The molecule has 0 saturated heterocycles. The van der Waals surface area contributed by atoms with Gasteiger partial charge in [-0.1, -0.05) is 0 Å². The van der Waals surface area contributed by atoms with Crippen LogP contribution in [0.2, 0.25) is 0 Å². The molecule has 0 aromatic rings. The van der Waals surface area contributed by atoms with Crippen molar-refractivity contribution in [1.82, 2.24) is 0 Å². The van der Waals surface area contributed by atoms with Gasteiger partial charge in [-0.25, -0.2) is 9.18 Å². The monoisotopic (exact) mass is 185 g/mol. The van der Waals surface area contributed by atoms with E-state index in [2.05, 4.69) is 4.74 Å². The van der Waals surface area contributed by atoms with Gasteiger partial charge < -0.3 is 10.5 Å². The van der Waals surface area contributed by atoms with Crippen molar-refractivity contribution in [2.24, 2.45) is 5.73 Å². The van der Waals surface area contributed by atoms with Gasteiger partial charge in [-0.05, 0) is 13.8 Å². The fourth-order valence-electron chi connectivity index (χ4n) is 0.351. The lowest BCUT2D eigenvalue weighted by molar-refractivity contribution is -0.149. The third-order valence-electron chi connectivity index (χ3n) is 1.02. The average molecular weight is 186 g/mol. The maximum Gasteiger partial charge on any atom is 0.328 e. The van der Waals surface area contributed by atoms with Crippen molar-refractivity contribution in [3.05, 3.63) is 0 Å². The molecule has 0 fully saturated rings. The average Bonchev–Trinajstić information content (AvgIpc) is 1.89. The molecule has 0 aliphatic carbocycles. The van der Waals surface area contributed by atoms with Crippen LogP contribution in [0.1, 0.15) is 13.8 Å². The van der Waals surface area contributed by atoms with Gasteiger partial charge >= 0.3 is 5.97 Å². The van der Waals surface area contributed by atoms with Crippen molar-refractivity contribution in [3.63, 3.8) is 0 Å². The normalized spacial score (nSPS) is 14.5. The fourth-order valence-corrected chi connectivity index (χ4v) is 0.351. The van der Waals surface area contributed by atoms with Crippen molar-refractivity contribution in [2.75, 3.05) is 13.3 Å². The summed E-state index contributed by atoms with van der Waals surface area (Å²) in [5.41, 5.74) is 3.72. The van der Waals surface area contributed by atoms with Gasteiger partial charge in [-0.3, -0.25) is 0 Å². The van der Waals surface area contributed by atoms with Crippen LogP contribution < -0.4 is 5.73 Å². The van der Waals surface area contributed by atoms with Gasteiger partial charge in [0.1, 0.15) is 12.2 Å². The van der Waals surface area contributed by atoms with Crippen LogP contribution in [0, 0.1) is 0 Å². The molecule has 0 aliphatic heterocycles. The molecule has 0 spiro atoms. The van der Waals surface area contributed by atoms with Gasteiger partial charge in [0.25, 0.3) is 0 Å². The summed E-state index contributed by atoms with van der Waals surface area (Å²) in [6.07, 6.45) is 0. The van der Waals surface area contributed by atoms with Crippen molar-refractivity contribution in [2.45, 2.75) is 19.4 Å². The quantitative estimate of drug-likeness (QED) is 0.658. The van der Waals surface area contributed by atoms with E-state index >= 15 is 0 Å². The topological polar surface area (TPSA) is 52.3 Å². The first kappa shape index (κ1) is 13.3. The highest BCUT2D eigenvalue weighted by Crippen LogP contribution is 2.02. The smallest absolute Gasteiger partial charge is 0.328 e. The number of halogens is 2. The van der Waals surface area contributed by atoms with Gasteiger partial charge in [-0.15, -0.1) is 12.4 Å². The third-order valence-corrected chi connectivity index (χ3v) is 1.02. The highest BCUT2D eigenvalue weighted by atomic mass is 35.5. The van der Waals surface area contributed by atoms with Crippen molar-refractivity contribution in [3.8, 4) is 0 Å². The Kier molecular flexibility index (Phi) is 6.41. The van der Waals surface area contributed by atoms with E-state index in [1.54, 1.807) is 6.92 Å². The Bertz CT molecular complexity index is 130. The summed E-state index contributed by atoms with van der Waals surface area (Å²) in [6, 6.07) is 0. The first-order chi connectivity index (χ1) is 4.54.